The van der Waals surface area contributed by atoms with Crippen LogP contribution in [0.3, 0.4) is 0 Å². The van der Waals surface area contributed by atoms with E-state index in [4.69, 9.17) is 4.74 Å². The first-order valence-corrected chi connectivity index (χ1v) is 7.52. The summed E-state index contributed by atoms with van der Waals surface area (Å²) in [7, 11) is 1.63. The number of thioether (sulfide) groups is 1. The Balaban J connectivity index is 2.54. The molecule has 0 spiro atoms. The topological polar surface area (TPSA) is 47.3 Å². The van der Waals surface area contributed by atoms with Gasteiger partial charge in [0.05, 0.1) is 13.3 Å². The van der Waals surface area contributed by atoms with E-state index >= 15 is 0 Å². The Kier molecular flexibility index (Phi) is 3.65. The van der Waals surface area contributed by atoms with Crippen LogP contribution in [-0.4, -0.2) is 33.5 Å². The van der Waals surface area contributed by atoms with Gasteiger partial charge in [0, 0.05) is 17.7 Å². The Labute approximate surface area is 113 Å². The molecule has 5 heteroatoms. The normalized spacial score (nSPS) is 27.2. The quantitative estimate of drug-likeness (QED) is 0.915. The number of hydrogen-bond donors (Lipinski definition) is 1. The van der Waals surface area contributed by atoms with Crippen molar-refractivity contribution in [2.24, 2.45) is 5.41 Å². The van der Waals surface area contributed by atoms with Crippen LogP contribution in [0.5, 0.6) is 5.75 Å². The predicted molar refractivity (Wildman–Crippen MR) is 74.1 cm³/mol. The van der Waals surface area contributed by atoms with Crippen molar-refractivity contribution in [2.75, 3.05) is 18.6 Å². The highest BCUT2D eigenvalue weighted by atomic mass is 32.2. The third-order valence-electron chi connectivity index (χ3n) is 4.02. The molecule has 0 aromatic carbocycles. The van der Waals surface area contributed by atoms with Gasteiger partial charge < -0.3 is 9.84 Å². The first kappa shape index (κ1) is 13.7. The van der Waals surface area contributed by atoms with Crippen molar-refractivity contribution in [3.8, 4) is 5.75 Å². The van der Waals surface area contributed by atoms with E-state index in [2.05, 4.69) is 18.9 Å². The number of rotatable bonds is 3. The lowest BCUT2D eigenvalue weighted by atomic mass is 9.71. The van der Waals surface area contributed by atoms with Crippen LogP contribution in [0.25, 0.3) is 0 Å². The van der Waals surface area contributed by atoms with E-state index in [0.29, 0.717) is 11.5 Å². The van der Waals surface area contributed by atoms with E-state index < -0.39 is 5.60 Å². The maximum atomic E-state index is 11.2. The molecule has 0 aliphatic carbocycles. The molecule has 2 rings (SSSR count). The highest BCUT2D eigenvalue weighted by molar-refractivity contribution is 7.99. The van der Waals surface area contributed by atoms with E-state index in [1.807, 2.05) is 11.6 Å². The van der Waals surface area contributed by atoms with E-state index in [1.165, 1.54) is 0 Å². The molecule has 0 saturated carbocycles. The molecule has 1 aliphatic heterocycles. The summed E-state index contributed by atoms with van der Waals surface area (Å²) in [4.78, 5) is 0. The summed E-state index contributed by atoms with van der Waals surface area (Å²) in [6.45, 7) is 7.02. The minimum absolute atomic E-state index is 0.168. The molecule has 1 atom stereocenters. The van der Waals surface area contributed by atoms with Crippen molar-refractivity contribution in [2.45, 2.75) is 39.3 Å². The lowest BCUT2D eigenvalue weighted by Crippen LogP contribution is -2.48. The van der Waals surface area contributed by atoms with Gasteiger partial charge in [0.25, 0.3) is 0 Å². The number of aromatic nitrogens is 2. The number of ether oxygens (including phenoxy) is 1. The van der Waals surface area contributed by atoms with Crippen LogP contribution in [0.2, 0.25) is 0 Å². The van der Waals surface area contributed by atoms with Gasteiger partial charge in [-0.15, -0.1) is 0 Å². The number of aryl methyl sites for hydroxylation is 1. The van der Waals surface area contributed by atoms with Crippen molar-refractivity contribution in [3.63, 3.8) is 0 Å². The van der Waals surface area contributed by atoms with Crippen molar-refractivity contribution in [1.82, 2.24) is 9.78 Å². The Morgan fingerprint density at radius 2 is 2.28 bits per heavy atom. The maximum absolute atomic E-state index is 11.2. The van der Waals surface area contributed by atoms with Gasteiger partial charge in [-0.05, 0) is 19.1 Å². The molecule has 2 heterocycles. The van der Waals surface area contributed by atoms with Crippen LogP contribution < -0.4 is 4.74 Å². The molecule has 0 amide bonds. The molecule has 4 nitrogen and oxygen atoms in total. The molecule has 1 N–H and O–H groups in total. The smallest absolute Gasteiger partial charge is 0.162 e. The lowest BCUT2D eigenvalue weighted by molar-refractivity contribution is -0.0659. The SMILES string of the molecule is CCn1ncc(OC)c1C1(O)CSCCC1(C)C. The van der Waals surface area contributed by atoms with Gasteiger partial charge in [-0.25, -0.2) is 0 Å². The molecule has 1 aliphatic rings. The summed E-state index contributed by atoms with van der Waals surface area (Å²) in [5.74, 6) is 2.48. The predicted octanol–water partition coefficient (Wildman–Crippen LogP) is 2.26. The summed E-state index contributed by atoms with van der Waals surface area (Å²) in [5.41, 5.74) is -0.226. The zero-order chi connectivity index (χ0) is 13.4. The Morgan fingerprint density at radius 1 is 1.56 bits per heavy atom. The minimum atomic E-state index is -0.881. The zero-order valence-electron chi connectivity index (χ0n) is 11.6. The molecule has 0 bridgehead atoms. The molecule has 1 unspecified atom stereocenters. The van der Waals surface area contributed by atoms with Gasteiger partial charge in [-0.1, -0.05) is 13.8 Å². The highest BCUT2D eigenvalue weighted by Crippen LogP contribution is 2.50. The van der Waals surface area contributed by atoms with Gasteiger partial charge in [0.2, 0.25) is 0 Å². The molecular weight excluding hydrogens is 248 g/mol. The van der Waals surface area contributed by atoms with Crippen LogP contribution in [-0.2, 0) is 12.1 Å². The van der Waals surface area contributed by atoms with Gasteiger partial charge in [0.1, 0.15) is 11.3 Å². The second kappa shape index (κ2) is 4.78. The first-order valence-electron chi connectivity index (χ1n) is 6.36. The van der Waals surface area contributed by atoms with E-state index in [-0.39, 0.29) is 5.41 Å². The molecule has 0 radical (unpaired) electrons. The number of nitrogens with zero attached hydrogens (tertiary/aromatic N) is 2. The third-order valence-corrected chi connectivity index (χ3v) is 5.13. The van der Waals surface area contributed by atoms with Gasteiger partial charge in [0.15, 0.2) is 5.75 Å². The summed E-state index contributed by atoms with van der Waals surface area (Å²) < 4.78 is 7.24. The van der Waals surface area contributed by atoms with Crippen molar-refractivity contribution in [1.29, 1.82) is 0 Å². The molecule has 1 saturated heterocycles. The fraction of sp³-hybridized carbons (Fsp3) is 0.769. The van der Waals surface area contributed by atoms with Crippen LogP contribution >= 0.6 is 11.8 Å². The maximum Gasteiger partial charge on any atom is 0.162 e. The fourth-order valence-electron chi connectivity index (χ4n) is 2.51. The summed E-state index contributed by atoms with van der Waals surface area (Å²) in [5, 5.41) is 15.5. The molecule has 1 aromatic rings. The Morgan fingerprint density at radius 3 is 2.83 bits per heavy atom. The Hall–Kier alpha value is -0.680. The minimum Gasteiger partial charge on any atom is -0.493 e. The van der Waals surface area contributed by atoms with Crippen molar-refractivity contribution in [3.05, 3.63) is 11.9 Å². The first-order chi connectivity index (χ1) is 8.46. The average molecular weight is 270 g/mol. The van der Waals surface area contributed by atoms with Crippen molar-refractivity contribution < 1.29 is 9.84 Å². The number of aliphatic hydroxyl groups is 1. The largest absolute Gasteiger partial charge is 0.493 e. The second-order valence-electron chi connectivity index (χ2n) is 5.42. The number of hydrogen-bond acceptors (Lipinski definition) is 4. The summed E-state index contributed by atoms with van der Waals surface area (Å²) in [6.07, 6.45) is 2.69. The highest BCUT2D eigenvalue weighted by Gasteiger charge is 2.50. The monoisotopic (exact) mass is 270 g/mol. The van der Waals surface area contributed by atoms with Gasteiger partial charge in [-0.2, -0.15) is 16.9 Å². The van der Waals surface area contributed by atoms with E-state index in [1.54, 1.807) is 25.1 Å². The van der Waals surface area contributed by atoms with Crippen LogP contribution in [0.15, 0.2) is 6.20 Å². The third kappa shape index (κ3) is 1.93. The standard InChI is InChI=1S/C13H22N2O2S/c1-5-15-11(10(17-4)8-14-15)13(16)9-18-7-6-12(13,2)3/h8,16H,5-7,9H2,1-4H3. The summed E-state index contributed by atoms with van der Waals surface area (Å²) in [6, 6.07) is 0. The second-order valence-corrected chi connectivity index (χ2v) is 6.53. The lowest BCUT2D eigenvalue weighted by Gasteiger charge is -2.46. The van der Waals surface area contributed by atoms with Gasteiger partial charge in [-0.3, -0.25) is 4.68 Å². The Bertz CT molecular complexity index is 409. The van der Waals surface area contributed by atoms with Crippen LogP contribution in [0, 0.1) is 5.41 Å². The fourth-order valence-corrected chi connectivity index (χ4v) is 4.13. The molecule has 18 heavy (non-hydrogen) atoms. The molecule has 1 fully saturated rings. The zero-order valence-corrected chi connectivity index (χ0v) is 12.4. The van der Waals surface area contributed by atoms with Crippen LogP contribution in [0.1, 0.15) is 32.9 Å². The van der Waals surface area contributed by atoms with Crippen molar-refractivity contribution >= 4 is 11.8 Å². The van der Waals surface area contributed by atoms with E-state index in [9.17, 15) is 5.11 Å². The van der Waals surface area contributed by atoms with Crippen LogP contribution in [0.4, 0.5) is 0 Å². The summed E-state index contributed by atoms with van der Waals surface area (Å²) >= 11 is 1.79. The molecule has 102 valence electrons. The van der Waals surface area contributed by atoms with Gasteiger partial charge >= 0.3 is 0 Å². The molecular formula is C13H22N2O2S. The number of methoxy groups -OCH3 is 1. The average Bonchev–Trinajstić information content (AvgIpc) is 2.76. The van der Waals surface area contributed by atoms with E-state index in [0.717, 1.165) is 24.4 Å². The molecule has 1 aromatic heterocycles.